The summed E-state index contributed by atoms with van der Waals surface area (Å²) in [6, 6.07) is 14.5. The van der Waals surface area contributed by atoms with E-state index in [0.29, 0.717) is 17.9 Å². The number of rotatable bonds is 8. The lowest BCUT2D eigenvalue weighted by Crippen LogP contribution is -2.02. The van der Waals surface area contributed by atoms with Gasteiger partial charge in [0.1, 0.15) is 11.5 Å². The lowest BCUT2D eigenvalue weighted by molar-refractivity contribution is -0.130. The van der Waals surface area contributed by atoms with Crippen molar-refractivity contribution in [2.24, 2.45) is 0 Å². The Morgan fingerprint density at radius 1 is 1.17 bits per heavy atom. The number of carboxylic acids is 1. The average Bonchev–Trinajstić information content (AvgIpc) is 2.60. The number of carboxylic acid groups (broad SMARTS) is 1. The molecule has 0 aliphatic rings. The standard InChI is InChI=1S/C20H22O4/c1-3-4-12-24-16-9-7-8-15(13-16)14-18(20(21)22)17-10-5-6-11-19(17)23-2/h5-11,13-14H,3-4,12H2,1-2H3,(H,21,22)/b18-14-. The maximum atomic E-state index is 11.7. The van der Waals surface area contributed by atoms with Crippen LogP contribution in [0.3, 0.4) is 0 Å². The number of hydrogen-bond donors (Lipinski definition) is 1. The van der Waals surface area contributed by atoms with E-state index < -0.39 is 5.97 Å². The minimum absolute atomic E-state index is 0.179. The van der Waals surface area contributed by atoms with Crippen LogP contribution >= 0.6 is 0 Å². The molecule has 0 spiro atoms. The molecule has 0 aliphatic carbocycles. The molecule has 0 radical (unpaired) electrons. The molecular formula is C20H22O4. The van der Waals surface area contributed by atoms with Gasteiger partial charge in [0.2, 0.25) is 0 Å². The van der Waals surface area contributed by atoms with Crippen molar-refractivity contribution in [3.63, 3.8) is 0 Å². The van der Waals surface area contributed by atoms with Crippen LogP contribution in [-0.2, 0) is 4.79 Å². The van der Waals surface area contributed by atoms with Gasteiger partial charge in [-0.3, -0.25) is 0 Å². The molecule has 126 valence electrons. The fraction of sp³-hybridized carbons (Fsp3) is 0.250. The summed E-state index contributed by atoms with van der Waals surface area (Å²) in [6.45, 7) is 2.76. The Labute approximate surface area is 142 Å². The van der Waals surface area contributed by atoms with E-state index >= 15 is 0 Å². The summed E-state index contributed by atoms with van der Waals surface area (Å²) in [7, 11) is 1.53. The number of ether oxygens (including phenoxy) is 2. The van der Waals surface area contributed by atoms with Crippen molar-refractivity contribution < 1.29 is 19.4 Å². The zero-order valence-corrected chi connectivity index (χ0v) is 14.0. The molecule has 0 atom stereocenters. The second-order valence-electron chi connectivity index (χ2n) is 5.34. The van der Waals surface area contributed by atoms with Crippen molar-refractivity contribution in [2.75, 3.05) is 13.7 Å². The number of benzene rings is 2. The van der Waals surface area contributed by atoms with Gasteiger partial charge in [0, 0.05) is 5.56 Å². The third kappa shape index (κ3) is 4.62. The summed E-state index contributed by atoms with van der Waals surface area (Å²) in [4.78, 5) is 11.7. The van der Waals surface area contributed by atoms with Crippen LogP contribution in [0.5, 0.6) is 11.5 Å². The fourth-order valence-corrected chi connectivity index (χ4v) is 2.32. The van der Waals surface area contributed by atoms with Crippen LogP contribution in [0.25, 0.3) is 11.6 Å². The molecule has 0 bridgehead atoms. The smallest absolute Gasteiger partial charge is 0.336 e. The fourth-order valence-electron chi connectivity index (χ4n) is 2.32. The first-order chi connectivity index (χ1) is 11.7. The Balaban J connectivity index is 2.34. The van der Waals surface area contributed by atoms with Crippen LogP contribution in [0.1, 0.15) is 30.9 Å². The van der Waals surface area contributed by atoms with Crippen molar-refractivity contribution in [1.29, 1.82) is 0 Å². The second-order valence-corrected chi connectivity index (χ2v) is 5.34. The minimum atomic E-state index is -1.00. The van der Waals surface area contributed by atoms with Gasteiger partial charge in [-0.05, 0) is 36.3 Å². The van der Waals surface area contributed by atoms with Crippen LogP contribution in [-0.4, -0.2) is 24.8 Å². The van der Waals surface area contributed by atoms with E-state index in [-0.39, 0.29) is 5.57 Å². The van der Waals surface area contributed by atoms with Crippen LogP contribution < -0.4 is 9.47 Å². The Bertz CT molecular complexity index is 719. The van der Waals surface area contributed by atoms with Gasteiger partial charge in [0.05, 0.1) is 19.3 Å². The molecule has 0 fully saturated rings. The molecular weight excluding hydrogens is 304 g/mol. The highest BCUT2D eigenvalue weighted by molar-refractivity contribution is 6.21. The van der Waals surface area contributed by atoms with Crippen molar-refractivity contribution in [1.82, 2.24) is 0 Å². The Morgan fingerprint density at radius 3 is 2.67 bits per heavy atom. The molecule has 4 heteroatoms. The summed E-state index contributed by atoms with van der Waals surface area (Å²) in [5.41, 5.74) is 1.50. The predicted octanol–water partition coefficient (Wildman–Crippen LogP) is 4.50. The topological polar surface area (TPSA) is 55.8 Å². The van der Waals surface area contributed by atoms with Crippen LogP contribution in [0.4, 0.5) is 0 Å². The molecule has 0 amide bonds. The monoisotopic (exact) mass is 326 g/mol. The summed E-state index contributed by atoms with van der Waals surface area (Å²) >= 11 is 0. The Hall–Kier alpha value is -2.75. The molecule has 0 aromatic heterocycles. The number of carbonyl (C=O) groups is 1. The molecule has 0 saturated carbocycles. The van der Waals surface area contributed by atoms with Crippen LogP contribution in [0.2, 0.25) is 0 Å². The molecule has 2 aromatic rings. The van der Waals surface area contributed by atoms with Crippen molar-refractivity contribution in [3.8, 4) is 11.5 Å². The van der Waals surface area contributed by atoms with Gasteiger partial charge >= 0.3 is 5.97 Å². The van der Waals surface area contributed by atoms with Gasteiger partial charge in [-0.1, -0.05) is 43.7 Å². The van der Waals surface area contributed by atoms with Gasteiger partial charge in [-0.15, -0.1) is 0 Å². The molecule has 0 aliphatic heterocycles. The first-order valence-electron chi connectivity index (χ1n) is 7.97. The molecule has 2 aromatic carbocycles. The molecule has 0 heterocycles. The second kappa shape index (κ2) is 8.77. The van der Waals surface area contributed by atoms with E-state index in [9.17, 15) is 9.90 Å². The highest BCUT2D eigenvalue weighted by Gasteiger charge is 2.15. The summed E-state index contributed by atoms with van der Waals surface area (Å²) < 4.78 is 11.0. The number of para-hydroxylation sites is 1. The number of methoxy groups -OCH3 is 1. The highest BCUT2D eigenvalue weighted by Crippen LogP contribution is 2.28. The molecule has 0 unspecified atom stereocenters. The first-order valence-corrected chi connectivity index (χ1v) is 7.97. The van der Waals surface area contributed by atoms with Crippen molar-refractivity contribution >= 4 is 17.6 Å². The minimum Gasteiger partial charge on any atom is -0.496 e. The van der Waals surface area contributed by atoms with Crippen molar-refractivity contribution in [3.05, 3.63) is 59.7 Å². The van der Waals surface area contributed by atoms with E-state index in [2.05, 4.69) is 6.92 Å². The highest BCUT2D eigenvalue weighted by atomic mass is 16.5. The summed E-state index contributed by atoms with van der Waals surface area (Å²) in [5, 5.41) is 9.60. The largest absolute Gasteiger partial charge is 0.496 e. The van der Waals surface area contributed by atoms with E-state index in [1.807, 2.05) is 30.3 Å². The van der Waals surface area contributed by atoms with Gasteiger partial charge in [-0.2, -0.15) is 0 Å². The summed E-state index contributed by atoms with van der Waals surface area (Å²) in [5.74, 6) is 0.264. The average molecular weight is 326 g/mol. The van der Waals surface area contributed by atoms with Gasteiger partial charge in [0.15, 0.2) is 0 Å². The zero-order valence-electron chi connectivity index (χ0n) is 14.0. The van der Waals surface area contributed by atoms with Crippen LogP contribution in [0, 0.1) is 0 Å². The maximum absolute atomic E-state index is 11.7. The third-order valence-corrected chi connectivity index (χ3v) is 3.56. The Kier molecular flexibility index (Phi) is 6.43. The van der Waals surface area contributed by atoms with E-state index in [4.69, 9.17) is 9.47 Å². The van der Waals surface area contributed by atoms with Gasteiger partial charge in [-0.25, -0.2) is 4.79 Å². The van der Waals surface area contributed by atoms with Crippen molar-refractivity contribution in [2.45, 2.75) is 19.8 Å². The molecule has 4 nitrogen and oxygen atoms in total. The first kappa shape index (κ1) is 17.6. The number of hydrogen-bond acceptors (Lipinski definition) is 3. The van der Waals surface area contributed by atoms with E-state index in [1.165, 1.54) is 7.11 Å². The van der Waals surface area contributed by atoms with E-state index in [0.717, 1.165) is 24.2 Å². The van der Waals surface area contributed by atoms with Crippen LogP contribution in [0.15, 0.2) is 48.5 Å². The lowest BCUT2D eigenvalue weighted by Gasteiger charge is -2.10. The SMILES string of the molecule is CCCCOc1cccc(/C=C(\C(=O)O)c2ccccc2OC)c1. The molecule has 24 heavy (non-hydrogen) atoms. The number of unbranched alkanes of at least 4 members (excludes halogenated alkanes) is 1. The molecule has 0 saturated heterocycles. The maximum Gasteiger partial charge on any atom is 0.336 e. The quantitative estimate of drug-likeness (QED) is 0.441. The number of aliphatic carboxylic acids is 1. The predicted molar refractivity (Wildman–Crippen MR) is 95.3 cm³/mol. The Morgan fingerprint density at radius 2 is 1.96 bits per heavy atom. The normalized spacial score (nSPS) is 11.2. The molecule has 1 N–H and O–H groups in total. The lowest BCUT2D eigenvalue weighted by atomic mass is 10.0. The zero-order chi connectivity index (χ0) is 17.4. The third-order valence-electron chi connectivity index (χ3n) is 3.56. The van der Waals surface area contributed by atoms with E-state index in [1.54, 1.807) is 24.3 Å². The van der Waals surface area contributed by atoms with Gasteiger partial charge < -0.3 is 14.6 Å². The molecule has 2 rings (SSSR count). The van der Waals surface area contributed by atoms with Gasteiger partial charge in [0.25, 0.3) is 0 Å². The summed E-state index contributed by atoms with van der Waals surface area (Å²) in [6.07, 6.45) is 3.69.